The minimum atomic E-state index is -0.102. The van der Waals surface area contributed by atoms with Gasteiger partial charge < -0.3 is 14.5 Å². The van der Waals surface area contributed by atoms with Crippen LogP contribution in [0.4, 0.5) is 0 Å². The van der Waals surface area contributed by atoms with E-state index in [1.54, 1.807) is 13.2 Å². The first kappa shape index (κ1) is 18.1. The predicted octanol–water partition coefficient (Wildman–Crippen LogP) is 1.59. The molecule has 0 radical (unpaired) electrons. The van der Waals surface area contributed by atoms with Crippen molar-refractivity contribution in [1.82, 2.24) is 9.80 Å². The fourth-order valence-electron chi connectivity index (χ4n) is 3.67. The molecule has 25 heavy (non-hydrogen) atoms. The highest BCUT2D eigenvalue weighted by atomic mass is 32.1. The first-order valence-corrected chi connectivity index (χ1v) is 9.53. The van der Waals surface area contributed by atoms with E-state index in [9.17, 15) is 14.4 Å². The van der Waals surface area contributed by atoms with Crippen molar-refractivity contribution in [2.75, 3.05) is 33.4 Å². The Morgan fingerprint density at radius 3 is 2.80 bits per heavy atom. The summed E-state index contributed by atoms with van der Waals surface area (Å²) < 4.78 is 5.12. The number of ether oxygens (including phenoxy) is 1. The van der Waals surface area contributed by atoms with Crippen LogP contribution in [0.15, 0.2) is 11.4 Å². The Hall–Kier alpha value is -1.73. The third kappa shape index (κ3) is 3.93. The first-order chi connectivity index (χ1) is 12.0. The standard InChI is InChI=1S/C18H24N2O4S/c1-12(21)16-7-13(11-25-16)8-17(22)19-9-14-3-4-15(10-19)20(18(14)23)5-6-24-2/h7,11,14-15H,3-6,8-10H2,1-2H3/t14-,15+/m1/s1. The minimum absolute atomic E-state index is 0.0240. The second kappa shape index (κ2) is 7.66. The lowest BCUT2D eigenvalue weighted by Gasteiger charge is -2.35. The Kier molecular flexibility index (Phi) is 5.54. The van der Waals surface area contributed by atoms with Crippen LogP contribution in [-0.2, 0) is 20.7 Å². The fourth-order valence-corrected chi connectivity index (χ4v) is 4.48. The highest BCUT2D eigenvalue weighted by Crippen LogP contribution is 2.29. The van der Waals surface area contributed by atoms with Gasteiger partial charge in [-0.25, -0.2) is 0 Å². The molecule has 0 aliphatic carbocycles. The minimum Gasteiger partial charge on any atom is -0.383 e. The van der Waals surface area contributed by atoms with Crippen LogP contribution in [0.1, 0.15) is 35.0 Å². The lowest BCUT2D eigenvalue weighted by Crippen LogP contribution is -2.49. The van der Waals surface area contributed by atoms with Crippen LogP contribution in [0.3, 0.4) is 0 Å². The van der Waals surface area contributed by atoms with Crippen molar-refractivity contribution in [3.63, 3.8) is 0 Å². The van der Waals surface area contributed by atoms with Crippen molar-refractivity contribution in [3.05, 3.63) is 21.9 Å². The van der Waals surface area contributed by atoms with Gasteiger partial charge in [0, 0.05) is 32.8 Å². The van der Waals surface area contributed by atoms with E-state index in [-0.39, 0.29) is 36.0 Å². The molecule has 3 aliphatic rings. The monoisotopic (exact) mass is 364 g/mol. The molecule has 7 heteroatoms. The smallest absolute Gasteiger partial charge is 0.227 e. The molecule has 4 heterocycles. The van der Waals surface area contributed by atoms with Crippen molar-refractivity contribution in [1.29, 1.82) is 0 Å². The summed E-state index contributed by atoms with van der Waals surface area (Å²) in [6.07, 6.45) is 2.08. The van der Waals surface area contributed by atoms with E-state index < -0.39 is 0 Å². The van der Waals surface area contributed by atoms with E-state index in [1.165, 1.54) is 18.3 Å². The number of hydrogen-bond acceptors (Lipinski definition) is 5. The molecule has 1 aromatic heterocycles. The highest BCUT2D eigenvalue weighted by Gasteiger charge is 2.41. The number of thiophene rings is 1. The van der Waals surface area contributed by atoms with Crippen molar-refractivity contribution in [3.8, 4) is 0 Å². The normalized spacial score (nSPS) is 23.0. The number of methoxy groups -OCH3 is 1. The SMILES string of the molecule is COCCN1C(=O)[C@@H]2CC[C@H]1CN(C(=O)Cc1csc(C(C)=O)c1)C2. The zero-order chi connectivity index (χ0) is 18.0. The summed E-state index contributed by atoms with van der Waals surface area (Å²) in [6.45, 7) is 3.73. The number of fused-ring (bicyclic) bond motifs is 4. The number of amides is 2. The average molecular weight is 364 g/mol. The third-order valence-corrected chi connectivity index (χ3v) is 6.12. The van der Waals surface area contributed by atoms with Crippen molar-refractivity contribution < 1.29 is 19.1 Å². The molecular formula is C18H24N2O4S. The van der Waals surface area contributed by atoms with Crippen LogP contribution in [0.2, 0.25) is 0 Å². The molecule has 136 valence electrons. The summed E-state index contributed by atoms with van der Waals surface area (Å²) >= 11 is 1.38. The third-order valence-electron chi connectivity index (χ3n) is 5.04. The summed E-state index contributed by atoms with van der Waals surface area (Å²) in [7, 11) is 1.63. The number of hydrogen-bond donors (Lipinski definition) is 0. The molecule has 2 atom stereocenters. The quantitative estimate of drug-likeness (QED) is 0.719. The molecule has 2 amide bonds. The van der Waals surface area contributed by atoms with E-state index in [1.807, 2.05) is 15.2 Å². The molecule has 3 fully saturated rings. The maximum absolute atomic E-state index is 12.7. The van der Waals surface area contributed by atoms with Crippen LogP contribution in [-0.4, -0.2) is 66.8 Å². The summed E-state index contributed by atoms with van der Waals surface area (Å²) in [6, 6.07) is 1.88. The maximum Gasteiger partial charge on any atom is 0.227 e. The number of carbonyl (C=O) groups is 3. The van der Waals surface area contributed by atoms with Gasteiger partial charge in [-0.1, -0.05) is 0 Å². The van der Waals surface area contributed by atoms with Gasteiger partial charge in [0.25, 0.3) is 0 Å². The predicted molar refractivity (Wildman–Crippen MR) is 94.7 cm³/mol. The number of Topliss-reactive ketones (excluding diaryl/α,β-unsaturated/α-hetero) is 1. The summed E-state index contributed by atoms with van der Waals surface area (Å²) in [4.78, 5) is 41.2. The number of carbonyl (C=O) groups excluding carboxylic acids is 3. The van der Waals surface area contributed by atoms with Gasteiger partial charge in [-0.15, -0.1) is 11.3 Å². The van der Waals surface area contributed by atoms with E-state index >= 15 is 0 Å². The molecule has 0 aromatic carbocycles. The topological polar surface area (TPSA) is 66.9 Å². The Morgan fingerprint density at radius 2 is 2.12 bits per heavy atom. The van der Waals surface area contributed by atoms with Gasteiger partial charge in [-0.2, -0.15) is 0 Å². The Labute approximate surface area is 151 Å². The first-order valence-electron chi connectivity index (χ1n) is 8.65. The van der Waals surface area contributed by atoms with Gasteiger partial charge in [0.05, 0.1) is 23.8 Å². The molecule has 2 bridgehead atoms. The van der Waals surface area contributed by atoms with Gasteiger partial charge in [0.15, 0.2) is 5.78 Å². The van der Waals surface area contributed by atoms with Gasteiger partial charge in [-0.3, -0.25) is 14.4 Å². The molecule has 3 saturated heterocycles. The van der Waals surface area contributed by atoms with Crippen molar-refractivity contribution in [2.24, 2.45) is 5.92 Å². The fraction of sp³-hybridized carbons (Fsp3) is 0.611. The second-order valence-electron chi connectivity index (χ2n) is 6.80. The molecular weight excluding hydrogens is 340 g/mol. The summed E-state index contributed by atoms with van der Waals surface area (Å²) in [5, 5.41) is 1.87. The lowest BCUT2D eigenvalue weighted by atomic mass is 9.94. The van der Waals surface area contributed by atoms with E-state index in [0.717, 1.165) is 18.4 Å². The van der Waals surface area contributed by atoms with Gasteiger partial charge >= 0.3 is 0 Å². The Balaban J connectivity index is 1.67. The van der Waals surface area contributed by atoms with Crippen LogP contribution >= 0.6 is 11.3 Å². The molecule has 6 nitrogen and oxygen atoms in total. The molecule has 0 saturated carbocycles. The summed E-state index contributed by atoms with van der Waals surface area (Å²) in [5.41, 5.74) is 0.874. The average Bonchev–Trinajstić information content (AvgIpc) is 2.87. The van der Waals surface area contributed by atoms with Gasteiger partial charge in [0.2, 0.25) is 11.8 Å². The van der Waals surface area contributed by atoms with Crippen LogP contribution in [0.25, 0.3) is 0 Å². The van der Waals surface area contributed by atoms with Crippen molar-refractivity contribution >= 4 is 28.9 Å². The lowest BCUT2D eigenvalue weighted by molar-refractivity contribution is -0.140. The molecule has 0 spiro atoms. The Bertz CT molecular complexity index is 672. The van der Waals surface area contributed by atoms with Crippen LogP contribution < -0.4 is 0 Å². The Morgan fingerprint density at radius 1 is 1.32 bits per heavy atom. The number of piperidine rings is 1. The van der Waals surface area contributed by atoms with Crippen molar-refractivity contribution in [2.45, 2.75) is 32.2 Å². The zero-order valence-corrected chi connectivity index (χ0v) is 15.5. The number of rotatable bonds is 6. The molecule has 0 unspecified atom stereocenters. The molecule has 0 N–H and O–H groups in total. The largest absolute Gasteiger partial charge is 0.383 e. The summed E-state index contributed by atoms with van der Waals surface area (Å²) in [5.74, 6) is 0.106. The zero-order valence-electron chi connectivity index (χ0n) is 14.7. The number of ketones is 1. The number of nitrogens with zero attached hydrogens (tertiary/aromatic N) is 2. The van der Waals surface area contributed by atoms with Gasteiger partial charge in [-0.05, 0) is 36.8 Å². The van der Waals surface area contributed by atoms with E-state index in [4.69, 9.17) is 4.74 Å². The second-order valence-corrected chi connectivity index (χ2v) is 7.71. The van der Waals surface area contributed by atoms with E-state index in [0.29, 0.717) is 31.1 Å². The molecule has 4 rings (SSSR count). The van der Waals surface area contributed by atoms with Crippen LogP contribution in [0, 0.1) is 5.92 Å². The molecule has 3 aliphatic heterocycles. The van der Waals surface area contributed by atoms with Crippen LogP contribution in [0.5, 0.6) is 0 Å². The van der Waals surface area contributed by atoms with Gasteiger partial charge in [0.1, 0.15) is 0 Å². The highest BCUT2D eigenvalue weighted by molar-refractivity contribution is 7.12. The maximum atomic E-state index is 12.7. The molecule has 1 aromatic rings. The van der Waals surface area contributed by atoms with E-state index in [2.05, 4.69) is 0 Å².